The second-order valence-electron chi connectivity index (χ2n) is 25.5. The average Bonchev–Trinajstić information content (AvgIpc) is 1.54. The van der Waals surface area contributed by atoms with Gasteiger partial charge in [-0.1, -0.05) is 195 Å². The summed E-state index contributed by atoms with van der Waals surface area (Å²) in [6.07, 6.45) is 0.991. The first-order chi connectivity index (χ1) is 58.6. The number of phenolic OH excluding ortho intramolecular Hbond substituents is 4. The van der Waals surface area contributed by atoms with Crippen LogP contribution in [0.5, 0.6) is 23.0 Å². The number of anilines is 4. The van der Waals surface area contributed by atoms with Crippen molar-refractivity contribution in [2.24, 2.45) is 30.1 Å². The Kier molecular flexibility index (Phi) is 33.4. The smallest absolute Gasteiger partial charge is 0.335 e. The number of aryl methyl sites for hydroxylation is 3. The topological polar surface area (TPSA) is 371 Å². The Balaban J connectivity index is 0.000000179. The molecule has 0 aliphatic carbocycles. The Morgan fingerprint density at radius 2 is 0.968 bits per heavy atom. The summed E-state index contributed by atoms with van der Waals surface area (Å²) in [5, 5.41) is 54.9. The van der Waals surface area contributed by atoms with Crippen molar-refractivity contribution in [3.8, 4) is 23.0 Å². The molecule has 0 radical (unpaired) electrons. The molecule has 0 atom stereocenters. The number of fused-ring (bicyclic) bond motifs is 1. The molecule has 11 aromatic rings. The molecule has 124 heavy (non-hydrogen) atoms. The summed E-state index contributed by atoms with van der Waals surface area (Å²) in [6, 6.07) is 47.9. The van der Waals surface area contributed by atoms with E-state index < -0.39 is 45.5 Å². The van der Waals surface area contributed by atoms with E-state index in [9.17, 15) is 57.6 Å². The Labute approximate surface area is 778 Å². The van der Waals surface area contributed by atoms with E-state index in [2.05, 4.69) is 97.3 Å². The number of phenols is 4. The number of hydrogen-bond donors (Lipinski definition) is 8. The van der Waals surface area contributed by atoms with Gasteiger partial charge in [-0.3, -0.25) is 38.5 Å². The Morgan fingerprint density at radius 3 is 1.45 bits per heavy atom. The molecular weight excluding hydrogens is 1980 g/mol. The molecule has 3 heterocycles. The van der Waals surface area contributed by atoms with Crippen LogP contribution in [-0.2, 0) is 38.8 Å². The fourth-order valence-electron chi connectivity index (χ4n) is 10.7. The van der Waals surface area contributed by atoms with Gasteiger partial charge < -0.3 is 46.1 Å². The number of aromatic hydroxyl groups is 4. The highest BCUT2D eigenvalue weighted by atomic mass is 79.9. The van der Waals surface area contributed by atoms with Gasteiger partial charge in [0, 0.05) is 49.5 Å². The number of aliphatic imine (C=N–C) groups is 5. The number of nitrogens with zero attached hydrogens (tertiary/aromatic N) is 12. The van der Waals surface area contributed by atoms with Gasteiger partial charge in [0.25, 0.3) is 29.5 Å². The van der Waals surface area contributed by atoms with Gasteiger partial charge in [0.15, 0.2) is 40.1 Å². The van der Waals surface area contributed by atoms with E-state index in [4.69, 9.17) is 129 Å². The van der Waals surface area contributed by atoms with Gasteiger partial charge in [-0.2, -0.15) is 0 Å². The Hall–Kier alpha value is -11.3. The first-order valence-electron chi connectivity index (χ1n) is 34.8. The number of rotatable bonds is 14. The monoisotopic (exact) mass is 2030 g/mol. The molecule has 634 valence electrons. The number of carbonyl (C=O) groups excluding carboxylic acids is 6. The largest absolute Gasteiger partial charge is 0.506 e. The first kappa shape index (κ1) is 96.5. The van der Waals surface area contributed by atoms with Crippen LogP contribution >= 0.6 is 159 Å². The van der Waals surface area contributed by atoms with Crippen LogP contribution in [0.25, 0.3) is 19.9 Å². The molecule has 6 amide bonds. The fraction of sp³-hybridized carbons (Fsp3) is 0.0854. The lowest BCUT2D eigenvalue weighted by Crippen LogP contribution is -2.33. The molecule has 0 unspecified atom stereocenters. The summed E-state index contributed by atoms with van der Waals surface area (Å²) in [4.78, 5) is 106. The van der Waals surface area contributed by atoms with E-state index in [1.165, 1.54) is 93.1 Å². The van der Waals surface area contributed by atoms with Crippen LogP contribution in [-0.4, -0.2) is 141 Å². The van der Waals surface area contributed by atoms with Gasteiger partial charge >= 0.3 is 17.6 Å². The maximum Gasteiger partial charge on any atom is 0.335 e. The van der Waals surface area contributed by atoms with Crippen LogP contribution in [0.3, 0.4) is 0 Å². The number of hydrazone groups is 1. The number of aromatic nitrogens is 1. The molecule has 0 bridgehead atoms. The number of hydrazine groups is 1. The highest BCUT2D eigenvalue weighted by Gasteiger charge is 2.39. The normalized spacial score (nSPS) is 12.9. The summed E-state index contributed by atoms with van der Waals surface area (Å²) >= 11 is 67.6. The molecule has 28 nitrogen and oxygen atoms in total. The number of carbonyl (C=O) groups is 6. The number of para-hydroxylation sites is 3. The zero-order chi connectivity index (χ0) is 91.0. The third-order valence-corrected chi connectivity index (χ3v) is 22.2. The zero-order valence-electron chi connectivity index (χ0n) is 64.5. The molecule has 42 heteroatoms. The number of amides is 6. The lowest BCUT2D eigenvalue weighted by atomic mass is 9.95. The molecule has 2 aliphatic rings. The van der Waals surface area contributed by atoms with E-state index in [1.54, 1.807) is 72.8 Å². The predicted molar refractivity (Wildman–Crippen MR) is 501 cm³/mol. The summed E-state index contributed by atoms with van der Waals surface area (Å²) in [6.45, 7) is 19.8. The summed E-state index contributed by atoms with van der Waals surface area (Å²) in [7, 11) is 0.747. The van der Waals surface area contributed by atoms with E-state index in [-0.39, 0.29) is 120 Å². The second kappa shape index (κ2) is 42.9. The molecule has 0 saturated carbocycles. The van der Waals surface area contributed by atoms with Crippen molar-refractivity contribution >= 4 is 301 Å². The molecule has 2 aliphatic heterocycles. The summed E-state index contributed by atoms with van der Waals surface area (Å²) in [5.74, 6) is -4.24. The van der Waals surface area contributed by atoms with Crippen LogP contribution in [0.4, 0.5) is 51.2 Å². The number of benzene rings is 10. The maximum atomic E-state index is 13.3. The van der Waals surface area contributed by atoms with Crippen LogP contribution in [0, 0.1) is 33.9 Å². The van der Waals surface area contributed by atoms with Crippen LogP contribution in [0.1, 0.15) is 27.3 Å². The molecule has 8 N–H and O–H groups in total. The van der Waals surface area contributed by atoms with Gasteiger partial charge in [0.05, 0.1) is 110 Å². The third-order valence-electron chi connectivity index (χ3n) is 16.5. The quantitative estimate of drug-likeness (QED) is 0.0285. The number of nitrogens with one attached hydrogen (secondary N) is 4. The minimum absolute atomic E-state index is 0.00601. The van der Waals surface area contributed by atoms with Gasteiger partial charge in [0.1, 0.15) is 16.5 Å². The van der Waals surface area contributed by atoms with Crippen molar-refractivity contribution in [1.82, 2.24) is 20.3 Å². The van der Waals surface area contributed by atoms with Crippen molar-refractivity contribution in [3.63, 3.8) is 0 Å². The van der Waals surface area contributed by atoms with Crippen LogP contribution in [0.2, 0.25) is 50.2 Å². The van der Waals surface area contributed by atoms with Crippen LogP contribution < -0.4 is 25.7 Å². The predicted octanol–water partition coefficient (Wildman–Crippen LogP) is 21.7. The van der Waals surface area contributed by atoms with Gasteiger partial charge in [0.2, 0.25) is 10.0 Å². The van der Waals surface area contributed by atoms with E-state index in [0.29, 0.717) is 58.0 Å². The fourth-order valence-corrected chi connectivity index (χ4v) is 15.9. The number of likely N-dealkylation sites (N-methyl/N-ethyl adjacent to an activating group) is 1. The standard InChI is InChI=1S/C23H18Cl4N2O2.C22H16Cl2N4O3S2.C16H8Cl2N4O2.C11H9Cl2N3O3.C10H7Br2N3O2/c1-11-6-12(2)20(13(3)7-11)21(28-15-9-17(26)22(30)18(27)10-15)23(31)29-19-8-14(24)4-5-16(19)25;1-33(30,31)28-19-15(23)11-14(12-16(19)24)25-20(21(29)26-13-7-3-2-4-8-13)22-27-17-9-5-6-10-18(17)32-22;1-19-15-13(20-9-7-11(17)14(23)12(18)8-9)16(24)22(21-15)10-5-3-2-4-6-10;1-15-10(18)8(11(19)16(15)2)14-5-3-6(12)9(17)7(13)4-5;1-13-9(10(17)14-2)15-5-3-6(11)8(16)7(12)4-5/h4-10,30H,1-3H3,(H,29,31);2-12,28H,1H3,(H,26,29);2-8,23H;3-4,17H,1-2H3;3-4,16H,2H3,(H,14,17). The lowest BCUT2D eigenvalue weighted by Gasteiger charge is -2.16. The minimum Gasteiger partial charge on any atom is -0.506 e. The number of halogens is 12. The average molecular weight is 2040 g/mol. The number of sulfonamides is 1. The van der Waals surface area contributed by atoms with Gasteiger partial charge in [-0.15, -0.1) is 21.3 Å². The van der Waals surface area contributed by atoms with E-state index in [0.717, 1.165) is 48.2 Å². The van der Waals surface area contributed by atoms with Gasteiger partial charge in [-0.05, 0) is 172 Å². The Bertz CT molecular complexity index is 6360. The van der Waals surface area contributed by atoms with Crippen molar-refractivity contribution in [1.29, 1.82) is 0 Å². The lowest BCUT2D eigenvalue weighted by molar-refractivity contribution is -0.141. The third kappa shape index (κ3) is 24.8. The zero-order valence-corrected chi connectivity index (χ0v) is 76.9. The van der Waals surface area contributed by atoms with Crippen molar-refractivity contribution < 1.29 is 57.6 Å². The molecule has 1 aromatic heterocycles. The SMILES string of the molecule is CN1C(=O)C(=Nc2cc(Cl)c(O)c(Cl)c2)C(=O)N1C.CS(=O)(=O)Nc1c(Cl)cc(N=C(C(=O)Nc2ccccc2)c2nc3ccccc3s2)cc1Cl.Cc1cc(C)c(C(=Nc2cc(Cl)c(O)c(Cl)c2)C(=O)Nc2cc(Cl)ccc2Cl)c(C)c1.[C-]#[N+]C(=Nc1cc(Br)c(O)c(Br)c1)C(=O)NC.[C-]#[N+]C1=NN(c2ccccc2)C(=O)C1=Nc1cc(Cl)c(O)c(Cl)c1. The summed E-state index contributed by atoms with van der Waals surface area (Å²) < 4.78 is 27.2. The van der Waals surface area contributed by atoms with Crippen molar-refractivity contribution in [2.45, 2.75) is 20.8 Å². The highest BCUT2D eigenvalue weighted by Crippen LogP contribution is 2.42. The van der Waals surface area contributed by atoms with Crippen LogP contribution in [0.15, 0.2) is 215 Å². The summed E-state index contributed by atoms with van der Waals surface area (Å²) in [5.41, 5.74) is 7.00. The number of thiazole rings is 1. The first-order valence-corrected chi connectivity index (χ1v) is 42.9. The number of amidine groups is 2. The van der Waals surface area contributed by atoms with E-state index >= 15 is 0 Å². The molecule has 1 saturated heterocycles. The number of hydrogen-bond acceptors (Lipinski definition) is 20. The van der Waals surface area contributed by atoms with Gasteiger partial charge in [-0.25, -0.2) is 38.4 Å². The van der Waals surface area contributed by atoms with Crippen molar-refractivity contribution in [3.05, 3.63) is 285 Å². The van der Waals surface area contributed by atoms with E-state index in [1.807, 2.05) is 63.2 Å². The highest BCUT2D eigenvalue weighted by molar-refractivity contribution is 9.11. The minimum atomic E-state index is -3.59. The Morgan fingerprint density at radius 1 is 0.516 bits per heavy atom. The molecule has 13 rings (SSSR count). The molecular formula is C82H58Br2Cl10N16O12S2. The molecule has 1 fully saturated rings. The molecule has 0 spiro atoms. The maximum absolute atomic E-state index is 13.3. The second-order valence-corrected chi connectivity index (χ2v) is 34.1. The molecule has 10 aromatic carbocycles. The van der Waals surface area contributed by atoms with Crippen molar-refractivity contribution in [2.75, 3.05) is 47.8 Å².